The number of amides is 1. The molecule has 7 nitrogen and oxygen atoms in total. The molecule has 1 fully saturated rings. The number of para-hydroxylation sites is 1. The summed E-state index contributed by atoms with van der Waals surface area (Å²) in [6.07, 6.45) is 4.11. The molecule has 0 saturated carbocycles. The number of amidine groups is 1. The summed E-state index contributed by atoms with van der Waals surface area (Å²) in [7, 11) is 0. The lowest BCUT2D eigenvalue weighted by molar-refractivity contribution is -0.122. The van der Waals surface area contributed by atoms with Crippen LogP contribution in [0, 0.1) is 0 Å². The summed E-state index contributed by atoms with van der Waals surface area (Å²) in [6.45, 7) is 6.69. The number of thioether (sulfide) groups is 1. The first-order valence-electron chi connectivity index (χ1n) is 14.4. The van der Waals surface area contributed by atoms with Crippen molar-refractivity contribution in [1.29, 1.82) is 0 Å². The summed E-state index contributed by atoms with van der Waals surface area (Å²) in [5, 5.41) is 10.7. The van der Waals surface area contributed by atoms with E-state index in [0.29, 0.717) is 50.3 Å². The zero-order chi connectivity index (χ0) is 32.6. The maximum absolute atomic E-state index is 13.9. The third kappa shape index (κ3) is 8.01. The number of hydrogen-bond acceptors (Lipinski definition) is 6. The number of allylic oxidation sites excluding steroid dienone is 1. The van der Waals surface area contributed by atoms with Crippen LogP contribution in [-0.4, -0.2) is 33.7 Å². The Hall–Kier alpha value is -4.50. The van der Waals surface area contributed by atoms with E-state index in [9.17, 15) is 14.7 Å². The Bertz CT molecular complexity index is 1820. The minimum absolute atomic E-state index is 0.175. The largest absolute Gasteiger partial charge is 0.490 e. The average molecular weight is 674 g/mol. The lowest BCUT2D eigenvalue weighted by Gasteiger charge is -2.17. The standard InChI is InChI=1S/C36H30Cl2N2O5S/c1-3-8-27-17-25(19-31(44-4-2)33(27)45-22-24-13-16-29(37)30(38)18-24)20-32-34(41)40(21-23-11-14-26(15-12-23)35(42)43)36(46-32)39-28-9-6-5-7-10-28/h3,5-7,9-20H,1,4,8,21-22H2,2H3,(H,42,43)/b32-20-,39-36?. The van der Waals surface area contributed by atoms with Gasteiger partial charge in [0.2, 0.25) is 0 Å². The number of carboxylic acids is 1. The molecule has 1 aliphatic heterocycles. The molecule has 1 N–H and O–H groups in total. The zero-order valence-corrected chi connectivity index (χ0v) is 27.2. The van der Waals surface area contributed by atoms with Crippen molar-refractivity contribution in [3.8, 4) is 11.5 Å². The van der Waals surface area contributed by atoms with Crippen molar-refractivity contribution in [3.63, 3.8) is 0 Å². The van der Waals surface area contributed by atoms with Crippen LogP contribution in [0.3, 0.4) is 0 Å². The van der Waals surface area contributed by atoms with E-state index in [-0.39, 0.29) is 24.6 Å². The van der Waals surface area contributed by atoms with Crippen LogP contribution in [0.4, 0.5) is 5.69 Å². The molecule has 4 aromatic rings. The molecule has 0 aromatic heterocycles. The zero-order valence-electron chi connectivity index (χ0n) is 24.9. The summed E-state index contributed by atoms with van der Waals surface area (Å²) >= 11 is 13.6. The van der Waals surface area contributed by atoms with Gasteiger partial charge in [-0.05, 0) is 96.4 Å². The van der Waals surface area contributed by atoms with Gasteiger partial charge in [-0.15, -0.1) is 6.58 Å². The van der Waals surface area contributed by atoms with Crippen LogP contribution in [0.2, 0.25) is 10.0 Å². The van der Waals surface area contributed by atoms with Crippen LogP contribution in [0.25, 0.3) is 6.08 Å². The Morgan fingerprint density at radius 2 is 1.72 bits per heavy atom. The van der Waals surface area contributed by atoms with Crippen molar-refractivity contribution in [2.45, 2.75) is 26.5 Å². The summed E-state index contributed by atoms with van der Waals surface area (Å²) in [6, 6.07) is 25.0. The third-order valence-electron chi connectivity index (χ3n) is 6.89. The molecule has 1 aliphatic rings. The molecule has 0 atom stereocenters. The van der Waals surface area contributed by atoms with Crippen molar-refractivity contribution in [2.24, 2.45) is 4.99 Å². The van der Waals surface area contributed by atoms with Gasteiger partial charge in [-0.1, -0.05) is 65.7 Å². The number of carboxylic acid groups (broad SMARTS) is 1. The van der Waals surface area contributed by atoms with Gasteiger partial charge in [0.1, 0.15) is 6.61 Å². The molecule has 234 valence electrons. The number of aliphatic imine (C=N–C) groups is 1. The normalized spacial score (nSPS) is 14.6. The Labute approximate surface area is 281 Å². The SMILES string of the molecule is C=CCc1cc(/C=C2\SC(=Nc3ccccc3)N(Cc3ccc(C(=O)O)cc3)C2=O)cc(OCC)c1OCc1ccc(Cl)c(Cl)c1. The fourth-order valence-corrected chi connectivity index (χ4v) is 6.03. The quantitative estimate of drug-likeness (QED) is 0.119. The number of carbonyl (C=O) groups excluding carboxylic acids is 1. The molecule has 0 radical (unpaired) electrons. The van der Waals surface area contributed by atoms with Gasteiger partial charge in [-0.25, -0.2) is 9.79 Å². The number of ether oxygens (including phenoxy) is 2. The number of rotatable bonds is 12. The minimum atomic E-state index is -1.01. The average Bonchev–Trinajstić information content (AvgIpc) is 3.32. The Balaban J connectivity index is 1.48. The number of nitrogens with zero attached hydrogens (tertiary/aromatic N) is 2. The number of aromatic carboxylic acids is 1. The number of hydrogen-bond donors (Lipinski definition) is 1. The van der Waals surface area contributed by atoms with E-state index < -0.39 is 5.97 Å². The summed E-state index contributed by atoms with van der Waals surface area (Å²) in [5.74, 6) is -0.106. The maximum Gasteiger partial charge on any atom is 0.335 e. The van der Waals surface area contributed by atoms with Crippen LogP contribution >= 0.6 is 35.0 Å². The number of halogens is 2. The first kappa shape index (κ1) is 32.9. The fraction of sp³-hybridized carbons (Fsp3) is 0.139. The molecule has 5 rings (SSSR count). The van der Waals surface area contributed by atoms with Gasteiger partial charge >= 0.3 is 5.97 Å². The highest BCUT2D eigenvalue weighted by molar-refractivity contribution is 8.18. The number of benzene rings is 4. The van der Waals surface area contributed by atoms with Gasteiger partial charge in [-0.2, -0.15) is 0 Å². The molecule has 1 saturated heterocycles. The van der Waals surface area contributed by atoms with Crippen LogP contribution < -0.4 is 9.47 Å². The van der Waals surface area contributed by atoms with E-state index in [1.807, 2.05) is 61.5 Å². The molecule has 0 aliphatic carbocycles. The monoisotopic (exact) mass is 672 g/mol. The fourth-order valence-electron chi connectivity index (χ4n) is 4.72. The molecule has 0 unspecified atom stereocenters. The van der Waals surface area contributed by atoms with Crippen molar-refractivity contribution in [3.05, 3.63) is 140 Å². The summed E-state index contributed by atoms with van der Waals surface area (Å²) < 4.78 is 12.3. The Morgan fingerprint density at radius 3 is 2.39 bits per heavy atom. The predicted molar refractivity (Wildman–Crippen MR) is 185 cm³/mol. The van der Waals surface area contributed by atoms with Gasteiger partial charge in [-0.3, -0.25) is 9.69 Å². The second-order valence-electron chi connectivity index (χ2n) is 10.2. The van der Waals surface area contributed by atoms with Crippen LogP contribution in [-0.2, 0) is 24.4 Å². The van der Waals surface area contributed by atoms with Crippen molar-refractivity contribution in [1.82, 2.24) is 4.90 Å². The molecular formula is C36H30Cl2N2O5S. The smallest absolute Gasteiger partial charge is 0.335 e. The highest BCUT2D eigenvalue weighted by atomic mass is 35.5. The van der Waals surface area contributed by atoms with Gasteiger partial charge in [0.15, 0.2) is 16.7 Å². The first-order valence-corrected chi connectivity index (χ1v) is 16.0. The highest BCUT2D eigenvalue weighted by Crippen LogP contribution is 2.39. The van der Waals surface area contributed by atoms with E-state index in [4.69, 9.17) is 37.7 Å². The van der Waals surface area contributed by atoms with Crippen LogP contribution in [0.5, 0.6) is 11.5 Å². The summed E-state index contributed by atoms with van der Waals surface area (Å²) in [5.41, 5.74) is 4.11. The van der Waals surface area contributed by atoms with Gasteiger partial charge < -0.3 is 14.6 Å². The lowest BCUT2D eigenvalue weighted by atomic mass is 10.0. The van der Waals surface area contributed by atoms with Crippen molar-refractivity contribution in [2.75, 3.05) is 6.61 Å². The lowest BCUT2D eigenvalue weighted by Crippen LogP contribution is -2.28. The molecule has 4 aromatic carbocycles. The topological polar surface area (TPSA) is 88.4 Å². The molecule has 0 spiro atoms. The summed E-state index contributed by atoms with van der Waals surface area (Å²) in [4.78, 5) is 32.0. The molecule has 10 heteroatoms. The van der Waals surface area contributed by atoms with E-state index >= 15 is 0 Å². The Morgan fingerprint density at radius 1 is 0.978 bits per heavy atom. The van der Waals surface area contributed by atoms with Gasteiger partial charge in [0, 0.05) is 5.56 Å². The molecule has 0 bridgehead atoms. The predicted octanol–water partition coefficient (Wildman–Crippen LogP) is 9.20. The molecule has 46 heavy (non-hydrogen) atoms. The van der Waals surface area contributed by atoms with E-state index in [1.165, 1.54) is 23.9 Å². The second-order valence-corrected chi connectivity index (χ2v) is 12.0. The molecule has 1 amide bonds. The van der Waals surface area contributed by atoms with Crippen LogP contribution in [0.1, 0.15) is 39.5 Å². The number of carbonyl (C=O) groups is 2. The van der Waals surface area contributed by atoms with Crippen molar-refractivity contribution < 1.29 is 24.2 Å². The first-order chi connectivity index (χ1) is 22.2. The van der Waals surface area contributed by atoms with Crippen molar-refractivity contribution >= 4 is 63.8 Å². The van der Waals surface area contributed by atoms with E-state index in [1.54, 1.807) is 35.2 Å². The minimum Gasteiger partial charge on any atom is -0.490 e. The maximum atomic E-state index is 13.9. The molecule has 1 heterocycles. The highest BCUT2D eigenvalue weighted by Gasteiger charge is 2.33. The van der Waals surface area contributed by atoms with Crippen LogP contribution in [0.15, 0.2) is 107 Å². The second kappa shape index (κ2) is 15.2. The Kier molecular flexibility index (Phi) is 10.9. The molecular weight excluding hydrogens is 643 g/mol. The van der Waals surface area contributed by atoms with E-state index in [2.05, 4.69) is 6.58 Å². The third-order valence-corrected chi connectivity index (χ3v) is 8.64. The van der Waals surface area contributed by atoms with E-state index in [0.717, 1.165) is 22.3 Å². The van der Waals surface area contributed by atoms with Gasteiger partial charge in [0.05, 0.1) is 39.4 Å². The van der Waals surface area contributed by atoms with Gasteiger partial charge in [0.25, 0.3) is 5.91 Å².